The van der Waals surface area contributed by atoms with Gasteiger partial charge in [0.15, 0.2) is 0 Å². The van der Waals surface area contributed by atoms with Gasteiger partial charge in [-0.05, 0) is 34.1 Å². The molecule has 0 spiro atoms. The SMILES string of the molecule is CCCC(C)NC1=NC(C)NN1C(C)C. The van der Waals surface area contributed by atoms with E-state index in [1.807, 2.05) is 0 Å². The Morgan fingerprint density at radius 1 is 1.47 bits per heavy atom. The van der Waals surface area contributed by atoms with Crippen molar-refractivity contribution in [3.05, 3.63) is 0 Å². The summed E-state index contributed by atoms with van der Waals surface area (Å²) in [5, 5.41) is 5.56. The maximum Gasteiger partial charge on any atom is 0.210 e. The van der Waals surface area contributed by atoms with Crippen LogP contribution in [-0.4, -0.2) is 29.2 Å². The van der Waals surface area contributed by atoms with Crippen molar-refractivity contribution in [2.24, 2.45) is 4.99 Å². The molecule has 0 aromatic carbocycles. The molecule has 1 aliphatic heterocycles. The molecule has 0 aliphatic carbocycles. The second-order valence-corrected chi connectivity index (χ2v) is 4.56. The van der Waals surface area contributed by atoms with Crippen LogP contribution < -0.4 is 10.7 Å². The van der Waals surface area contributed by atoms with E-state index in [0.29, 0.717) is 12.1 Å². The number of nitrogens with one attached hydrogen (secondary N) is 2. The fourth-order valence-electron chi connectivity index (χ4n) is 1.76. The van der Waals surface area contributed by atoms with Crippen molar-refractivity contribution in [2.45, 2.75) is 65.7 Å². The minimum Gasteiger partial charge on any atom is -0.353 e. The first kappa shape index (κ1) is 12.3. The summed E-state index contributed by atoms with van der Waals surface area (Å²) < 4.78 is 0. The zero-order valence-corrected chi connectivity index (χ0v) is 10.5. The molecule has 1 heterocycles. The molecule has 0 radical (unpaired) electrons. The van der Waals surface area contributed by atoms with Crippen molar-refractivity contribution in [1.82, 2.24) is 15.8 Å². The molecule has 2 unspecified atom stereocenters. The number of hydrogen-bond acceptors (Lipinski definition) is 4. The molecule has 2 N–H and O–H groups in total. The fraction of sp³-hybridized carbons (Fsp3) is 0.909. The number of rotatable bonds is 4. The van der Waals surface area contributed by atoms with Gasteiger partial charge in [0.2, 0.25) is 5.96 Å². The average molecular weight is 212 g/mol. The normalized spacial score (nSPS) is 23.2. The zero-order valence-electron chi connectivity index (χ0n) is 10.5. The van der Waals surface area contributed by atoms with Gasteiger partial charge in [0.05, 0.1) is 0 Å². The fourth-order valence-corrected chi connectivity index (χ4v) is 1.76. The molecule has 0 saturated heterocycles. The number of aliphatic imine (C=N–C) groups is 1. The quantitative estimate of drug-likeness (QED) is 0.745. The molecule has 0 saturated carbocycles. The first-order chi connectivity index (χ1) is 7.04. The van der Waals surface area contributed by atoms with Crippen LogP contribution in [0.25, 0.3) is 0 Å². The van der Waals surface area contributed by atoms with Crippen LogP contribution >= 0.6 is 0 Å². The van der Waals surface area contributed by atoms with Gasteiger partial charge in [0.25, 0.3) is 0 Å². The van der Waals surface area contributed by atoms with Crippen molar-refractivity contribution in [2.75, 3.05) is 0 Å². The van der Waals surface area contributed by atoms with Crippen LogP contribution in [0, 0.1) is 0 Å². The lowest BCUT2D eigenvalue weighted by molar-refractivity contribution is 0.247. The lowest BCUT2D eigenvalue weighted by atomic mass is 10.2. The minimum absolute atomic E-state index is 0.184. The molecular weight excluding hydrogens is 188 g/mol. The molecular formula is C11H24N4. The van der Waals surface area contributed by atoms with Gasteiger partial charge in [0, 0.05) is 12.1 Å². The van der Waals surface area contributed by atoms with E-state index in [-0.39, 0.29) is 6.17 Å². The maximum atomic E-state index is 4.53. The highest BCUT2D eigenvalue weighted by Gasteiger charge is 2.24. The van der Waals surface area contributed by atoms with E-state index in [4.69, 9.17) is 0 Å². The molecule has 0 amide bonds. The van der Waals surface area contributed by atoms with Crippen molar-refractivity contribution in [1.29, 1.82) is 0 Å². The summed E-state index contributed by atoms with van der Waals surface area (Å²) in [5.41, 5.74) is 3.32. The molecule has 0 bridgehead atoms. The highest BCUT2D eigenvalue weighted by Crippen LogP contribution is 2.07. The topological polar surface area (TPSA) is 39.7 Å². The lowest BCUT2D eigenvalue weighted by Crippen LogP contribution is -2.51. The summed E-state index contributed by atoms with van der Waals surface area (Å²) in [6.07, 6.45) is 2.56. The van der Waals surface area contributed by atoms with E-state index in [1.165, 1.54) is 12.8 Å². The van der Waals surface area contributed by atoms with Gasteiger partial charge in [-0.1, -0.05) is 13.3 Å². The highest BCUT2D eigenvalue weighted by molar-refractivity contribution is 5.81. The Morgan fingerprint density at radius 3 is 2.67 bits per heavy atom. The summed E-state index contributed by atoms with van der Waals surface area (Å²) in [6.45, 7) is 10.8. The van der Waals surface area contributed by atoms with Crippen LogP contribution in [0.2, 0.25) is 0 Å². The van der Waals surface area contributed by atoms with Gasteiger partial charge in [0.1, 0.15) is 6.17 Å². The number of nitrogens with zero attached hydrogens (tertiary/aromatic N) is 2. The van der Waals surface area contributed by atoms with E-state index in [2.05, 4.69) is 55.4 Å². The molecule has 0 aromatic heterocycles. The largest absolute Gasteiger partial charge is 0.353 e. The summed E-state index contributed by atoms with van der Waals surface area (Å²) in [6, 6.07) is 0.914. The van der Waals surface area contributed by atoms with E-state index in [1.54, 1.807) is 0 Å². The van der Waals surface area contributed by atoms with Gasteiger partial charge in [-0.3, -0.25) is 5.01 Å². The van der Waals surface area contributed by atoms with Gasteiger partial charge in [-0.15, -0.1) is 0 Å². The third-order valence-electron chi connectivity index (χ3n) is 2.48. The van der Waals surface area contributed by atoms with E-state index in [9.17, 15) is 0 Å². The van der Waals surface area contributed by atoms with E-state index in [0.717, 1.165) is 5.96 Å². The van der Waals surface area contributed by atoms with Gasteiger partial charge >= 0.3 is 0 Å². The molecule has 4 nitrogen and oxygen atoms in total. The van der Waals surface area contributed by atoms with Crippen LogP contribution in [-0.2, 0) is 0 Å². The first-order valence-corrected chi connectivity index (χ1v) is 5.94. The summed E-state index contributed by atoms with van der Waals surface area (Å²) in [4.78, 5) is 4.53. The monoisotopic (exact) mass is 212 g/mol. The molecule has 15 heavy (non-hydrogen) atoms. The number of hydrogen-bond donors (Lipinski definition) is 2. The Labute approximate surface area is 93.1 Å². The van der Waals surface area contributed by atoms with Gasteiger partial charge < -0.3 is 5.32 Å². The van der Waals surface area contributed by atoms with Gasteiger partial charge in [-0.25, -0.2) is 10.4 Å². The van der Waals surface area contributed by atoms with E-state index < -0.39 is 0 Å². The van der Waals surface area contributed by atoms with Crippen LogP contribution in [0.5, 0.6) is 0 Å². The number of guanidine groups is 1. The predicted molar refractivity (Wildman–Crippen MR) is 64.5 cm³/mol. The molecule has 0 aromatic rings. The molecule has 2 atom stereocenters. The zero-order chi connectivity index (χ0) is 11.4. The summed E-state index contributed by atoms with van der Waals surface area (Å²) >= 11 is 0. The Kier molecular flexibility index (Phi) is 4.39. The molecule has 88 valence electrons. The van der Waals surface area contributed by atoms with Crippen LogP contribution in [0.15, 0.2) is 4.99 Å². The molecule has 1 rings (SSSR count). The summed E-state index contributed by atoms with van der Waals surface area (Å²) in [7, 11) is 0. The second-order valence-electron chi connectivity index (χ2n) is 4.56. The van der Waals surface area contributed by atoms with Crippen LogP contribution in [0.4, 0.5) is 0 Å². The van der Waals surface area contributed by atoms with Crippen molar-refractivity contribution >= 4 is 5.96 Å². The lowest BCUT2D eigenvalue weighted by Gasteiger charge is -2.27. The van der Waals surface area contributed by atoms with Crippen LogP contribution in [0.1, 0.15) is 47.5 Å². The Morgan fingerprint density at radius 2 is 2.13 bits per heavy atom. The standard InChI is InChI=1S/C11H24N4/c1-6-7-9(4)12-11-13-10(5)14-15(11)8(2)3/h8-10,14H,6-7H2,1-5H3,(H,12,13). The smallest absolute Gasteiger partial charge is 0.210 e. The molecule has 1 aliphatic rings. The minimum atomic E-state index is 0.184. The third kappa shape index (κ3) is 3.38. The first-order valence-electron chi connectivity index (χ1n) is 5.94. The average Bonchev–Trinajstić information content (AvgIpc) is 2.47. The maximum absolute atomic E-state index is 4.53. The molecule has 0 fully saturated rings. The van der Waals surface area contributed by atoms with Crippen LogP contribution in [0.3, 0.4) is 0 Å². The number of hydrazine groups is 1. The summed E-state index contributed by atoms with van der Waals surface area (Å²) in [5.74, 6) is 0.985. The van der Waals surface area contributed by atoms with Crippen molar-refractivity contribution in [3.63, 3.8) is 0 Å². The van der Waals surface area contributed by atoms with Gasteiger partial charge in [-0.2, -0.15) is 0 Å². The van der Waals surface area contributed by atoms with E-state index >= 15 is 0 Å². The second kappa shape index (κ2) is 5.35. The Bertz CT molecular complexity index is 225. The van der Waals surface area contributed by atoms with Crippen molar-refractivity contribution < 1.29 is 0 Å². The Balaban J connectivity index is 2.54. The predicted octanol–water partition coefficient (Wildman–Crippen LogP) is 1.70. The highest BCUT2D eigenvalue weighted by atomic mass is 15.6. The molecule has 4 heteroatoms. The van der Waals surface area contributed by atoms with Crippen molar-refractivity contribution in [3.8, 4) is 0 Å². The Hall–Kier alpha value is -0.770. The third-order valence-corrected chi connectivity index (χ3v) is 2.48.